The van der Waals surface area contributed by atoms with E-state index in [-0.39, 0.29) is 31.6 Å². The topological polar surface area (TPSA) is 117 Å². The molecular weight excluding hydrogens is 426 g/mol. The number of esters is 2. The summed E-state index contributed by atoms with van der Waals surface area (Å²) in [5.74, 6) is -1.13. The Bertz CT molecular complexity index is 1110. The molecule has 3 aromatic rings. The largest absolute Gasteiger partial charge is 0.465 e. The Kier molecular flexibility index (Phi) is 7.85. The summed E-state index contributed by atoms with van der Waals surface area (Å²) in [5.41, 5.74) is 1.46. The number of benzene rings is 2. The van der Waals surface area contributed by atoms with Crippen LogP contribution in [0.4, 0.5) is 5.69 Å². The van der Waals surface area contributed by atoms with Crippen molar-refractivity contribution in [3.05, 3.63) is 60.2 Å². The fourth-order valence-electron chi connectivity index (χ4n) is 2.97. The highest BCUT2D eigenvalue weighted by molar-refractivity contribution is 5.97. The lowest BCUT2D eigenvalue weighted by Crippen LogP contribution is -2.39. The highest BCUT2D eigenvalue weighted by Gasteiger charge is 2.21. The second-order valence-electron chi connectivity index (χ2n) is 7.30. The lowest BCUT2D eigenvalue weighted by molar-refractivity contribution is -0.142. The number of ether oxygens (including phenoxy) is 2. The molecule has 1 amide bonds. The molecule has 0 atom stereocenters. The fraction of sp³-hybridized carbons (Fsp3) is 0.304. The van der Waals surface area contributed by atoms with E-state index < -0.39 is 17.8 Å². The van der Waals surface area contributed by atoms with Crippen molar-refractivity contribution in [2.45, 2.75) is 33.4 Å². The molecule has 0 bridgehead atoms. The van der Waals surface area contributed by atoms with Crippen LogP contribution in [0, 0.1) is 0 Å². The number of hydrogen-bond donors (Lipinski definition) is 0. The molecule has 3 rings (SSSR count). The zero-order valence-corrected chi connectivity index (χ0v) is 18.7. The number of rotatable bonds is 9. The quantitative estimate of drug-likeness (QED) is 0.456. The van der Waals surface area contributed by atoms with Gasteiger partial charge < -0.3 is 9.47 Å². The zero-order chi connectivity index (χ0) is 23.8. The van der Waals surface area contributed by atoms with Gasteiger partial charge in [0, 0.05) is 11.3 Å². The summed E-state index contributed by atoms with van der Waals surface area (Å²) < 4.78 is 10.2. The van der Waals surface area contributed by atoms with Crippen molar-refractivity contribution in [1.29, 1.82) is 0 Å². The molecule has 0 spiro atoms. The third-order valence-electron chi connectivity index (χ3n) is 4.39. The van der Waals surface area contributed by atoms with Crippen molar-refractivity contribution in [3.8, 4) is 11.4 Å². The molecule has 0 aliphatic carbocycles. The van der Waals surface area contributed by atoms with E-state index in [9.17, 15) is 14.4 Å². The molecule has 1 aromatic heterocycles. The van der Waals surface area contributed by atoms with E-state index in [0.717, 1.165) is 4.80 Å². The standard InChI is InChI=1S/C23H25N5O5/c1-4-32-21(30)15-27(19-11-6-5-7-12-19)20(29)14-28-25-22(24-26-28)17-9-8-10-18(13-17)23(31)33-16(2)3/h5-13,16H,4,14-15H2,1-3H3. The number of carbonyl (C=O) groups is 3. The van der Waals surface area contributed by atoms with E-state index in [1.807, 2.05) is 6.07 Å². The Balaban J connectivity index is 1.76. The van der Waals surface area contributed by atoms with Crippen molar-refractivity contribution in [1.82, 2.24) is 20.2 Å². The lowest BCUT2D eigenvalue weighted by Gasteiger charge is -2.21. The van der Waals surface area contributed by atoms with Crippen LogP contribution in [0.15, 0.2) is 54.6 Å². The van der Waals surface area contributed by atoms with Gasteiger partial charge in [-0.15, -0.1) is 10.2 Å². The molecule has 2 aromatic carbocycles. The first kappa shape index (κ1) is 23.6. The Hall–Kier alpha value is -4.08. The number of amides is 1. The van der Waals surface area contributed by atoms with Crippen LogP contribution in [0.2, 0.25) is 0 Å². The highest BCUT2D eigenvalue weighted by Crippen LogP contribution is 2.17. The Morgan fingerprint density at radius 3 is 2.52 bits per heavy atom. The minimum absolute atomic E-state index is 0.216. The number of para-hydroxylation sites is 1. The van der Waals surface area contributed by atoms with Gasteiger partial charge in [0.25, 0.3) is 5.91 Å². The number of anilines is 1. The van der Waals surface area contributed by atoms with Crippen LogP contribution < -0.4 is 4.90 Å². The maximum atomic E-state index is 13.0. The average molecular weight is 451 g/mol. The van der Waals surface area contributed by atoms with E-state index >= 15 is 0 Å². The van der Waals surface area contributed by atoms with Gasteiger partial charge in [-0.3, -0.25) is 14.5 Å². The van der Waals surface area contributed by atoms with Crippen molar-refractivity contribution < 1.29 is 23.9 Å². The smallest absolute Gasteiger partial charge is 0.338 e. The first-order chi connectivity index (χ1) is 15.9. The van der Waals surface area contributed by atoms with Gasteiger partial charge in [0.05, 0.1) is 18.3 Å². The number of nitrogens with zero attached hydrogens (tertiary/aromatic N) is 5. The summed E-state index contributed by atoms with van der Waals surface area (Å²) in [6, 6.07) is 15.4. The minimum Gasteiger partial charge on any atom is -0.465 e. The predicted octanol–water partition coefficient (Wildman–Crippen LogP) is 2.50. The van der Waals surface area contributed by atoms with Crippen LogP contribution in [0.3, 0.4) is 0 Å². The van der Waals surface area contributed by atoms with Crippen LogP contribution in [-0.2, 0) is 25.6 Å². The number of hydrogen-bond acceptors (Lipinski definition) is 8. The molecule has 0 aliphatic heterocycles. The molecule has 0 N–H and O–H groups in total. The molecule has 1 heterocycles. The van der Waals surface area contributed by atoms with Crippen LogP contribution in [0.25, 0.3) is 11.4 Å². The van der Waals surface area contributed by atoms with Crippen LogP contribution >= 0.6 is 0 Å². The average Bonchev–Trinajstić information content (AvgIpc) is 3.26. The van der Waals surface area contributed by atoms with Crippen LogP contribution in [-0.4, -0.2) is 57.3 Å². The molecule has 0 fully saturated rings. The van der Waals surface area contributed by atoms with Crippen LogP contribution in [0.1, 0.15) is 31.1 Å². The second kappa shape index (κ2) is 11.0. The molecule has 10 nitrogen and oxygen atoms in total. The molecule has 0 unspecified atom stereocenters. The van der Waals surface area contributed by atoms with Gasteiger partial charge in [-0.1, -0.05) is 30.3 Å². The number of tetrazole rings is 1. The van der Waals surface area contributed by atoms with E-state index in [4.69, 9.17) is 9.47 Å². The normalized spacial score (nSPS) is 10.7. The zero-order valence-electron chi connectivity index (χ0n) is 18.7. The minimum atomic E-state index is -0.521. The Morgan fingerprint density at radius 2 is 1.82 bits per heavy atom. The first-order valence-electron chi connectivity index (χ1n) is 10.5. The van der Waals surface area contributed by atoms with Crippen molar-refractivity contribution in [2.24, 2.45) is 0 Å². The third kappa shape index (κ3) is 6.45. The molecule has 0 saturated heterocycles. The van der Waals surface area contributed by atoms with Crippen molar-refractivity contribution >= 4 is 23.5 Å². The summed E-state index contributed by atoms with van der Waals surface area (Å²) in [4.78, 5) is 39.6. The summed E-state index contributed by atoms with van der Waals surface area (Å²) in [6.45, 7) is 4.98. The van der Waals surface area contributed by atoms with Crippen LogP contribution in [0.5, 0.6) is 0 Å². The summed E-state index contributed by atoms with van der Waals surface area (Å²) >= 11 is 0. The van der Waals surface area contributed by atoms with E-state index in [1.165, 1.54) is 4.90 Å². The molecule has 172 valence electrons. The molecule has 10 heteroatoms. The molecule has 33 heavy (non-hydrogen) atoms. The summed E-state index contributed by atoms with van der Waals surface area (Å²) in [5, 5.41) is 12.2. The summed E-state index contributed by atoms with van der Waals surface area (Å²) in [7, 11) is 0. The van der Waals surface area contributed by atoms with Gasteiger partial charge in [0.15, 0.2) is 0 Å². The number of aromatic nitrogens is 4. The predicted molar refractivity (Wildman–Crippen MR) is 119 cm³/mol. The maximum absolute atomic E-state index is 13.0. The highest BCUT2D eigenvalue weighted by atomic mass is 16.5. The maximum Gasteiger partial charge on any atom is 0.338 e. The van der Waals surface area contributed by atoms with Gasteiger partial charge in [0.2, 0.25) is 5.82 Å². The van der Waals surface area contributed by atoms with Crippen molar-refractivity contribution in [3.63, 3.8) is 0 Å². The van der Waals surface area contributed by atoms with Crippen molar-refractivity contribution in [2.75, 3.05) is 18.1 Å². The van der Waals surface area contributed by atoms with Gasteiger partial charge in [-0.25, -0.2) is 4.79 Å². The van der Waals surface area contributed by atoms with Gasteiger partial charge >= 0.3 is 11.9 Å². The monoisotopic (exact) mass is 451 g/mol. The second-order valence-corrected chi connectivity index (χ2v) is 7.30. The first-order valence-corrected chi connectivity index (χ1v) is 10.5. The SMILES string of the molecule is CCOC(=O)CN(C(=O)Cn1nnc(-c2cccc(C(=O)OC(C)C)c2)n1)c1ccccc1. The third-order valence-corrected chi connectivity index (χ3v) is 4.39. The van der Waals surface area contributed by atoms with Gasteiger partial charge in [0.1, 0.15) is 13.1 Å². The van der Waals surface area contributed by atoms with Gasteiger partial charge in [-0.05, 0) is 50.3 Å². The Labute approximate surface area is 191 Å². The van der Waals surface area contributed by atoms with E-state index in [0.29, 0.717) is 16.8 Å². The van der Waals surface area contributed by atoms with E-state index in [1.54, 1.807) is 69.3 Å². The van der Waals surface area contributed by atoms with Gasteiger partial charge in [-0.2, -0.15) is 4.80 Å². The summed E-state index contributed by atoms with van der Waals surface area (Å²) in [6.07, 6.45) is -0.242. The molecule has 0 radical (unpaired) electrons. The lowest BCUT2D eigenvalue weighted by atomic mass is 10.1. The Morgan fingerprint density at radius 1 is 1.06 bits per heavy atom. The fourth-order valence-corrected chi connectivity index (χ4v) is 2.97. The molecule has 0 saturated carbocycles. The number of carbonyl (C=O) groups excluding carboxylic acids is 3. The molecule has 0 aliphatic rings. The molecular formula is C23H25N5O5. The van der Waals surface area contributed by atoms with E-state index in [2.05, 4.69) is 15.4 Å².